The van der Waals surface area contributed by atoms with Crippen LogP contribution in [0.25, 0.3) is 0 Å². The summed E-state index contributed by atoms with van der Waals surface area (Å²) in [5, 5.41) is 7.26. The van der Waals surface area contributed by atoms with Gasteiger partial charge in [0.2, 0.25) is 12.2 Å². The van der Waals surface area contributed by atoms with Gasteiger partial charge in [-0.3, -0.25) is 9.78 Å². The molecule has 1 aliphatic heterocycles. The fourth-order valence-corrected chi connectivity index (χ4v) is 3.01. The molecule has 2 aromatic heterocycles. The Balaban J connectivity index is 1.82. The second kappa shape index (κ2) is 6.60. The molecule has 4 rings (SSSR count). The minimum Gasteiger partial charge on any atom is -0.326 e. The van der Waals surface area contributed by atoms with Gasteiger partial charge in [-0.15, -0.1) is 0 Å². The molecule has 0 spiro atoms. The molecule has 1 amide bonds. The number of nitrogens with zero attached hydrogens (tertiary/aromatic N) is 4. The molecule has 0 fully saturated rings. The largest absolute Gasteiger partial charge is 0.326 e. The Morgan fingerprint density at radius 3 is 2.56 bits per heavy atom. The first kappa shape index (κ1) is 15.1. The van der Waals surface area contributed by atoms with E-state index in [4.69, 9.17) is 0 Å². The second-order valence-electron chi connectivity index (χ2n) is 5.70. The smallest absolute Gasteiger partial charge is 0.248 e. The van der Waals surface area contributed by atoms with Gasteiger partial charge in [0.05, 0.1) is 11.7 Å². The molecule has 0 saturated heterocycles. The van der Waals surface area contributed by atoms with E-state index >= 15 is 0 Å². The summed E-state index contributed by atoms with van der Waals surface area (Å²) in [6.45, 7) is 0. The third-order valence-electron chi connectivity index (χ3n) is 4.11. The fraction of sp³-hybridized carbons (Fsp3) is 0.105. The lowest BCUT2D eigenvalue weighted by Crippen LogP contribution is -2.47. The summed E-state index contributed by atoms with van der Waals surface area (Å²) >= 11 is 0. The molecule has 2 atom stereocenters. The van der Waals surface area contributed by atoms with Crippen molar-refractivity contribution in [3.05, 3.63) is 96.7 Å². The highest BCUT2D eigenvalue weighted by atomic mass is 16.2. The molecule has 1 aromatic carbocycles. The number of nitrogens with one attached hydrogen (secondary N) is 1. The van der Waals surface area contributed by atoms with Crippen LogP contribution >= 0.6 is 0 Å². The maximum atomic E-state index is 11.9. The van der Waals surface area contributed by atoms with Gasteiger partial charge >= 0.3 is 0 Å². The van der Waals surface area contributed by atoms with Crippen molar-refractivity contribution in [2.75, 3.05) is 0 Å². The van der Waals surface area contributed by atoms with Crippen LogP contribution in [0.5, 0.6) is 0 Å². The maximum Gasteiger partial charge on any atom is 0.248 e. The molecule has 6 heteroatoms. The summed E-state index contributed by atoms with van der Waals surface area (Å²) in [6.07, 6.45) is 8.20. The maximum absolute atomic E-state index is 11.9. The van der Waals surface area contributed by atoms with Crippen molar-refractivity contribution >= 4 is 5.91 Å². The third-order valence-corrected chi connectivity index (χ3v) is 4.11. The Labute approximate surface area is 145 Å². The lowest BCUT2D eigenvalue weighted by molar-refractivity contribution is -0.121. The van der Waals surface area contributed by atoms with E-state index in [1.807, 2.05) is 53.6 Å². The lowest BCUT2D eigenvalue weighted by atomic mass is 10.0. The molecule has 3 aromatic rings. The molecule has 6 nitrogen and oxygen atoms in total. The van der Waals surface area contributed by atoms with Crippen molar-refractivity contribution in [1.29, 1.82) is 0 Å². The normalized spacial score (nSPS) is 18.0. The second-order valence-corrected chi connectivity index (χ2v) is 5.70. The Morgan fingerprint density at radius 2 is 1.84 bits per heavy atom. The highest BCUT2D eigenvalue weighted by Gasteiger charge is 2.31. The number of carbonyl (C=O) groups excluding carboxylic acids is 1. The van der Waals surface area contributed by atoms with Crippen LogP contribution in [0.2, 0.25) is 0 Å². The summed E-state index contributed by atoms with van der Waals surface area (Å²) in [7, 11) is 0. The summed E-state index contributed by atoms with van der Waals surface area (Å²) in [4.78, 5) is 18.5. The van der Waals surface area contributed by atoms with Crippen molar-refractivity contribution in [2.45, 2.75) is 12.3 Å². The van der Waals surface area contributed by atoms with Crippen LogP contribution in [0.4, 0.5) is 0 Å². The quantitative estimate of drug-likeness (QED) is 0.798. The van der Waals surface area contributed by atoms with Gasteiger partial charge < -0.3 is 10.2 Å². The van der Waals surface area contributed by atoms with E-state index in [0.717, 1.165) is 11.3 Å². The van der Waals surface area contributed by atoms with Crippen molar-refractivity contribution in [1.82, 2.24) is 25.0 Å². The lowest BCUT2D eigenvalue weighted by Gasteiger charge is -2.39. The molecule has 0 saturated carbocycles. The van der Waals surface area contributed by atoms with Gasteiger partial charge in [-0.2, -0.15) is 5.10 Å². The third kappa shape index (κ3) is 3.01. The average Bonchev–Trinajstić information content (AvgIpc) is 3.19. The summed E-state index contributed by atoms with van der Waals surface area (Å²) < 4.78 is 1.72. The monoisotopic (exact) mass is 331 g/mol. The molecule has 25 heavy (non-hydrogen) atoms. The molecule has 3 heterocycles. The van der Waals surface area contributed by atoms with Crippen LogP contribution in [-0.4, -0.2) is 25.6 Å². The SMILES string of the molecule is O=C1C=CN(C(c2ccccc2)c2ccccn2)C(n2cccn2)N1. The van der Waals surface area contributed by atoms with E-state index in [0.29, 0.717) is 0 Å². The molecule has 0 aliphatic carbocycles. The number of hydrogen-bond donors (Lipinski definition) is 1. The fourth-order valence-electron chi connectivity index (χ4n) is 3.01. The molecule has 1 aliphatic rings. The van der Waals surface area contributed by atoms with E-state index in [1.54, 1.807) is 23.3 Å². The molecular formula is C19H17N5O. The van der Waals surface area contributed by atoms with Gasteiger partial charge in [-0.25, -0.2) is 4.68 Å². The first-order valence-corrected chi connectivity index (χ1v) is 8.04. The van der Waals surface area contributed by atoms with Crippen molar-refractivity contribution in [3.63, 3.8) is 0 Å². The van der Waals surface area contributed by atoms with Crippen LogP contribution in [0.15, 0.2) is 85.5 Å². The minimum atomic E-state index is -0.431. The van der Waals surface area contributed by atoms with Gasteiger partial charge in [-0.05, 0) is 23.8 Å². The number of rotatable bonds is 4. The number of pyridine rings is 1. The number of amides is 1. The Morgan fingerprint density at radius 1 is 1.00 bits per heavy atom. The van der Waals surface area contributed by atoms with Crippen molar-refractivity contribution in [2.24, 2.45) is 0 Å². The van der Waals surface area contributed by atoms with E-state index in [1.165, 1.54) is 6.08 Å². The van der Waals surface area contributed by atoms with Gasteiger partial charge in [0, 0.05) is 30.9 Å². The minimum absolute atomic E-state index is 0.149. The van der Waals surface area contributed by atoms with Gasteiger partial charge in [0.1, 0.15) is 0 Å². The average molecular weight is 331 g/mol. The Kier molecular flexibility index (Phi) is 4.00. The number of carbonyl (C=O) groups is 1. The summed E-state index contributed by atoms with van der Waals surface area (Å²) in [5.41, 5.74) is 1.98. The first-order valence-electron chi connectivity index (χ1n) is 8.04. The van der Waals surface area contributed by atoms with Crippen molar-refractivity contribution in [3.8, 4) is 0 Å². The number of aromatic nitrogens is 3. The first-order chi connectivity index (χ1) is 12.3. The zero-order valence-corrected chi connectivity index (χ0v) is 13.4. The zero-order chi connectivity index (χ0) is 17.1. The molecule has 1 N–H and O–H groups in total. The van der Waals surface area contributed by atoms with E-state index in [-0.39, 0.29) is 11.9 Å². The molecule has 124 valence electrons. The van der Waals surface area contributed by atoms with Crippen LogP contribution in [0.3, 0.4) is 0 Å². The van der Waals surface area contributed by atoms with E-state index in [2.05, 4.69) is 27.5 Å². The molecule has 0 bridgehead atoms. The highest BCUT2D eigenvalue weighted by Crippen LogP contribution is 2.32. The number of benzene rings is 1. The van der Waals surface area contributed by atoms with Gasteiger partial charge in [-0.1, -0.05) is 36.4 Å². The van der Waals surface area contributed by atoms with Crippen molar-refractivity contribution < 1.29 is 4.79 Å². The standard InChI is InChI=1S/C19H17N5O/c25-17-10-14-23(19(22-17)24-13-6-12-21-24)18(15-7-2-1-3-8-15)16-9-4-5-11-20-16/h1-14,18-19H,(H,22,25). The Bertz CT molecular complexity index is 822. The van der Waals surface area contributed by atoms with Crippen LogP contribution in [-0.2, 0) is 4.79 Å². The summed E-state index contributed by atoms with van der Waals surface area (Å²) in [6, 6.07) is 17.6. The predicted molar refractivity (Wildman–Crippen MR) is 92.9 cm³/mol. The predicted octanol–water partition coefficient (Wildman–Crippen LogP) is 2.47. The number of hydrogen-bond acceptors (Lipinski definition) is 4. The molecule has 0 radical (unpaired) electrons. The van der Waals surface area contributed by atoms with E-state index < -0.39 is 6.29 Å². The Hall–Kier alpha value is -3.41. The van der Waals surface area contributed by atoms with Gasteiger partial charge in [0.15, 0.2) is 0 Å². The summed E-state index contributed by atoms with van der Waals surface area (Å²) in [5.74, 6) is -0.149. The molecule has 2 unspecified atom stereocenters. The van der Waals surface area contributed by atoms with Crippen LogP contribution < -0.4 is 5.32 Å². The van der Waals surface area contributed by atoms with Crippen LogP contribution in [0.1, 0.15) is 23.6 Å². The van der Waals surface area contributed by atoms with E-state index in [9.17, 15) is 4.79 Å². The molecular weight excluding hydrogens is 314 g/mol. The van der Waals surface area contributed by atoms with Crippen LogP contribution in [0, 0.1) is 0 Å². The topological polar surface area (TPSA) is 63.1 Å². The highest BCUT2D eigenvalue weighted by molar-refractivity contribution is 5.88. The van der Waals surface area contributed by atoms with Gasteiger partial charge in [0.25, 0.3) is 0 Å². The zero-order valence-electron chi connectivity index (χ0n) is 13.4.